The number of nitrogens with zero attached hydrogens (tertiary/aromatic N) is 1. The highest BCUT2D eigenvalue weighted by Gasteiger charge is 2.25. The fourth-order valence-corrected chi connectivity index (χ4v) is 3.95. The number of rotatable bonds is 5. The zero-order chi connectivity index (χ0) is 20.2. The minimum atomic E-state index is -0.445. The molecule has 5 heteroatoms. The van der Waals surface area contributed by atoms with Crippen LogP contribution < -0.4 is 11.1 Å². The molecule has 1 amide bonds. The Balaban J connectivity index is 1.42. The molecule has 0 radical (unpaired) electrons. The van der Waals surface area contributed by atoms with E-state index in [9.17, 15) is 9.90 Å². The first-order valence-corrected chi connectivity index (χ1v) is 9.94. The van der Waals surface area contributed by atoms with Gasteiger partial charge in [-0.15, -0.1) is 0 Å². The molecule has 2 atom stereocenters. The normalized spacial score (nSPS) is 19.0. The molecule has 2 heterocycles. The Morgan fingerprint density at radius 2 is 1.72 bits per heavy atom. The third kappa shape index (κ3) is 4.63. The number of nitrogens with two attached hydrogens (primary N) is 1. The molecular formula is C24H25N3O2. The lowest BCUT2D eigenvalue weighted by Gasteiger charge is -2.30. The first kappa shape index (κ1) is 19.2. The number of aromatic hydroxyl groups is 1. The summed E-state index contributed by atoms with van der Waals surface area (Å²) < 4.78 is 0. The number of nitrogens with one attached hydrogen (secondary N) is 1. The summed E-state index contributed by atoms with van der Waals surface area (Å²) in [5.41, 5.74) is 10.5. The maximum atomic E-state index is 11.2. The number of carbonyl (C=O) groups excluding carboxylic acids is 1. The average Bonchev–Trinajstić information content (AvgIpc) is 2.76. The van der Waals surface area contributed by atoms with E-state index >= 15 is 0 Å². The van der Waals surface area contributed by atoms with Gasteiger partial charge < -0.3 is 16.2 Å². The van der Waals surface area contributed by atoms with Crippen LogP contribution in [0.2, 0.25) is 0 Å². The van der Waals surface area contributed by atoms with Crippen LogP contribution in [0.25, 0.3) is 0 Å². The van der Waals surface area contributed by atoms with Crippen molar-refractivity contribution in [3.63, 3.8) is 0 Å². The van der Waals surface area contributed by atoms with Gasteiger partial charge >= 0.3 is 0 Å². The van der Waals surface area contributed by atoms with Crippen molar-refractivity contribution in [1.82, 2.24) is 10.3 Å². The number of hydrogen-bond donors (Lipinski definition) is 3. The molecule has 0 spiro atoms. The van der Waals surface area contributed by atoms with E-state index in [1.807, 2.05) is 18.2 Å². The smallest absolute Gasteiger partial charge is 0.250 e. The number of amides is 1. The molecule has 0 saturated carbocycles. The molecular weight excluding hydrogens is 362 g/mol. The van der Waals surface area contributed by atoms with Crippen molar-refractivity contribution in [2.75, 3.05) is 6.54 Å². The Bertz CT molecular complexity index is 967. The van der Waals surface area contributed by atoms with Crippen LogP contribution in [0.3, 0.4) is 0 Å². The highest BCUT2D eigenvalue weighted by atomic mass is 16.3. The SMILES string of the molecule is NC(=O)c1ccc(C2CCNC(c3ccc(Cc4ccc(O)cc4)cc3)C2)nc1. The van der Waals surface area contributed by atoms with Gasteiger partial charge in [-0.05, 0) is 66.8 Å². The Labute approximate surface area is 170 Å². The Morgan fingerprint density at radius 3 is 2.34 bits per heavy atom. The Hall–Kier alpha value is -3.18. The van der Waals surface area contributed by atoms with E-state index in [1.165, 1.54) is 16.7 Å². The number of benzene rings is 2. The lowest BCUT2D eigenvalue weighted by Crippen LogP contribution is -2.31. The molecule has 5 nitrogen and oxygen atoms in total. The quantitative estimate of drug-likeness (QED) is 0.623. The summed E-state index contributed by atoms with van der Waals surface area (Å²) in [5.74, 6) is 0.209. The van der Waals surface area contributed by atoms with Crippen LogP contribution in [-0.2, 0) is 6.42 Å². The van der Waals surface area contributed by atoms with Gasteiger partial charge in [0.2, 0.25) is 5.91 Å². The second-order valence-electron chi connectivity index (χ2n) is 7.65. The van der Waals surface area contributed by atoms with E-state index in [0.29, 0.717) is 17.2 Å². The monoisotopic (exact) mass is 387 g/mol. The lowest BCUT2D eigenvalue weighted by molar-refractivity contribution is 0.1000. The van der Waals surface area contributed by atoms with Crippen LogP contribution in [0.5, 0.6) is 5.75 Å². The second-order valence-corrected chi connectivity index (χ2v) is 7.65. The molecule has 148 valence electrons. The molecule has 4 N–H and O–H groups in total. The van der Waals surface area contributed by atoms with Gasteiger partial charge in [-0.25, -0.2) is 0 Å². The number of primary amides is 1. The molecule has 0 bridgehead atoms. The Kier molecular flexibility index (Phi) is 5.58. The minimum Gasteiger partial charge on any atom is -0.508 e. The zero-order valence-electron chi connectivity index (χ0n) is 16.2. The van der Waals surface area contributed by atoms with Crippen LogP contribution in [-0.4, -0.2) is 22.5 Å². The van der Waals surface area contributed by atoms with Crippen molar-refractivity contribution < 1.29 is 9.90 Å². The lowest BCUT2D eigenvalue weighted by atomic mass is 9.86. The zero-order valence-corrected chi connectivity index (χ0v) is 16.2. The van der Waals surface area contributed by atoms with Gasteiger partial charge in [0.25, 0.3) is 0 Å². The van der Waals surface area contributed by atoms with Crippen LogP contribution in [0.4, 0.5) is 0 Å². The number of phenolic OH excluding ortho intramolecular Hbond substituents is 1. The standard InChI is InChI=1S/C24H25N3O2/c25-24(29)20-7-10-22(27-15-20)19-11-12-26-23(14-19)18-5-1-16(2-6-18)13-17-3-8-21(28)9-4-17/h1-10,15,19,23,26,28H,11-14H2,(H2,25,29). The molecule has 1 fully saturated rings. The van der Waals surface area contributed by atoms with Crippen molar-refractivity contribution in [3.05, 3.63) is 94.8 Å². The molecule has 1 aliphatic rings. The summed E-state index contributed by atoms with van der Waals surface area (Å²) in [5, 5.41) is 13.0. The van der Waals surface area contributed by atoms with Gasteiger partial charge in [0, 0.05) is 23.9 Å². The molecule has 4 rings (SSSR count). The van der Waals surface area contributed by atoms with Gasteiger partial charge in [-0.2, -0.15) is 0 Å². The molecule has 0 aliphatic carbocycles. The number of carbonyl (C=O) groups is 1. The summed E-state index contributed by atoms with van der Waals surface area (Å²) in [7, 11) is 0. The summed E-state index contributed by atoms with van der Waals surface area (Å²) in [6.07, 6.45) is 4.42. The first-order valence-electron chi connectivity index (χ1n) is 9.94. The molecule has 1 aliphatic heterocycles. The number of phenols is 1. The predicted octanol–water partition coefficient (Wildman–Crippen LogP) is 3.69. The topological polar surface area (TPSA) is 88.2 Å². The molecule has 1 aromatic heterocycles. The van der Waals surface area contributed by atoms with Crippen LogP contribution >= 0.6 is 0 Å². The maximum absolute atomic E-state index is 11.2. The highest BCUT2D eigenvalue weighted by molar-refractivity contribution is 5.92. The number of pyridine rings is 1. The molecule has 3 aromatic rings. The number of hydrogen-bond acceptors (Lipinski definition) is 4. The number of piperidine rings is 1. The molecule has 29 heavy (non-hydrogen) atoms. The second kappa shape index (κ2) is 8.45. The van der Waals surface area contributed by atoms with Crippen molar-refractivity contribution in [2.24, 2.45) is 5.73 Å². The summed E-state index contributed by atoms with van der Waals surface area (Å²) >= 11 is 0. The summed E-state index contributed by atoms with van der Waals surface area (Å²) in [4.78, 5) is 15.7. The van der Waals surface area contributed by atoms with E-state index in [-0.39, 0.29) is 6.04 Å². The van der Waals surface area contributed by atoms with Crippen molar-refractivity contribution in [1.29, 1.82) is 0 Å². The van der Waals surface area contributed by atoms with Crippen LogP contribution in [0.15, 0.2) is 66.9 Å². The van der Waals surface area contributed by atoms with Gasteiger partial charge in [0.05, 0.1) is 5.56 Å². The average molecular weight is 387 g/mol. The minimum absolute atomic E-state index is 0.286. The van der Waals surface area contributed by atoms with Gasteiger partial charge in [0.1, 0.15) is 5.75 Å². The highest BCUT2D eigenvalue weighted by Crippen LogP contribution is 2.33. The third-order valence-corrected chi connectivity index (χ3v) is 5.62. The molecule has 2 unspecified atom stereocenters. The fourth-order valence-electron chi connectivity index (χ4n) is 3.95. The summed E-state index contributed by atoms with van der Waals surface area (Å²) in [6, 6.07) is 20.1. The van der Waals surface area contributed by atoms with Gasteiger partial charge in [-0.1, -0.05) is 36.4 Å². The van der Waals surface area contributed by atoms with Crippen molar-refractivity contribution in [2.45, 2.75) is 31.2 Å². The van der Waals surface area contributed by atoms with Crippen LogP contribution in [0.1, 0.15) is 57.5 Å². The molecule has 2 aromatic carbocycles. The Morgan fingerprint density at radius 1 is 1.03 bits per heavy atom. The van der Waals surface area contributed by atoms with E-state index in [0.717, 1.165) is 31.5 Å². The predicted molar refractivity (Wildman–Crippen MR) is 113 cm³/mol. The van der Waals surface area contributed by atoms with Crippen LogP contribution in [0, 0.1) is 0 Å². The fraction of sp³-hybridized carbons (Fsp3) is 0.250. The number of aromatic nitrogens is 1. The van der Waals surface area contributed by atoms with Gasteiger partial charge in [0.15, 0.2) is 0 Å². The van der Waals surface area contributed by atoms with Crippen molar-refractivity contribution in [3.8, 4) is 5.75 Å². The van der Waals surface area contributed by atoms with Gasteiger partial charge in [-0.3, -0.25) is 9.78 Å². The largest absolute Gasteiger partial charge is 0.508 e. The van der Waals surface area contributed by atoms with Crippen molar-refractivity contribution >= 4 is 5.91 Å². The summed E-state index contributed by atoms with van der Waals surface area (Å²) in [6.45, 7) is 0.934. The van der Waals surface area contributed by atoms with E-state index < -0.39 is 5.91 Å². The first-order chi connectivity index (χ1) is 14.1. The van der Waals surface area contributed by atoms with E-state index in [1.54, 1.807) is 24.4 Å². The maximum Gasteiger partial charge on any atom is 0.250 e. The van der Waals surface area contributed by atoms with E-state index in [4.69, 9.17) is 5.73 Å². The molecule has 1 saturated heterocycles. The third-order valence-electron chi connectivity index (χ3n) is 5.62. The van der Waals surface area contributed by atoms with E-state index in [2.05, 4.69) is 34.6 Å².